The summed E-state index contributed by atoms with van der Waals surface area (Å²) in [6.45, 7) is 1.41. The molecular formula is C17H22N6O3. The summed E-state index contributed by atoms with van der Waals surface area (Å²) in [7, 11) is 0. The standard InChI is InChI=1S/C17H22N6O3/c24-17-19-4-1-5-25-10-12-8-18-9-16(20-12)21-15-7-14(22-23-15)11-2-3-13(6-11)26-17/h7-9,11,13H,1-6,10H2,(H,19,24)(H2,20,21,22,23)/t11-,13+/m0/s1. The zero-order valence-electron chi connectivity index (χ0n) is 14.4. The highest BCUT2D eigenvalue weighted by Gasteiger charge is 2.29. The highest BCUT2D eigenvalue weighted by atomic mass is 16.6. The first kappa shape index (κ1) is 16.8. The summed E-state index contributed by atoms with van der Waals surface area (Å²) >= 11 is 0. The maximum absolute atomic E-state index is 11.9. The lowest BCUT2D eigenvalue weighted by molar-refractivity contribution is 0.0956. The molecule has 1 aliphatic carbocycles. The summed E-state index contributed by atoms with van der Waals surface area (Å²) in [6, 6.07) is 1.97. The van der Waals surface area contributed by atoms with Gasteiger partial charge < -0.3 is 20.1 Å². The SMILES string of the molecule is O=C1NCCCOCc2cncc(n2)Nc2cc([nH]n2)[C@H]2CC[C@H](C2)O1. The van der Waals surface area contributed by atoms with Crippen LogP contribution in [0.25, 0.3) is 0 Å². The third-order valence-corrected chi connectivity index (χ3v) is 4.62. The quantitative estimate of drug-likeness (QED) is 0.661. The van der Waals surface area contributed by atoms with Crippen molar-refractivity contribution in [3.8, 4) is 0 Å². The number of nitrogens with one attached hydrogen (secondary N) is 3. The molecule has 2 aromatic heterocycles. The molecule has 1 amide bonds. The second kappa shape index (κ2) is 7.69. The van der Waals surface area contributed by atoms with Crippen LogP contribution in [0.4, 0.5) is 16.4 Å². The smallest absolute Gasteiger partial charge is 0.407 e. The van der Waals surface area contributed by atoms with Crippen LogP contribution in [0, 0.1) is 0 Å². The molecule has 6 bridgehead atoms. The summed E-state index contributed by atoms with van der Waals surface area (Å²) < 4.78 is 11.1. The number of rotatable bonds is 0. The van der Waals surface area contributed by atoms with E-state index in [1.165, 1.54) is 0 Å². The Balaban J connectivity index is 1.51. The molecule has 0 radical (unpaired) electrons. The van der Waals surface area contributed by atoms with Crippen molar-refractivity contribution in [3.05, 3.63) is 29.8 Å². The lowest BCUT2D eigenvalue weighted by atomic mass is 10.0. The number of hydrogen-bond acceptors (Lipinski definition) is 7. The van der Waals surface area contributed by atoms with Crippen LogP contribution in [-0.4, -0.2) is 45.5 Å². The van der Waals surface area contributed by atoms with E-state index in [0.717, 1.165) is 30.7 Å². The molecule has 26 heavy (non-hydrogen) atoms. The average molecular weight is 358 g/mol. The van der Waals surface area contributed by atoms with Gasteiger partial charge in [-0.2, -0.15) is 5.10 Å². The lowest BCUT2D eigenvalue weighted by Crippen LogP contribution is -2.29. The number of anilines is 2. The van der Waals surface area contributed by atoms with Gasteiger partial charge in [0, 0.05) is 30.8 Å². The number of ether oxygens (including phenoxy) is 2. The van der Waals surface area contributed by atoms with Crippen molar-refractivity contribution >= 4 is 17.7 Å². The molecule has 2 atom stereocenters. The molecule has 3 N–H and O–H groups in total. The Bertz CT molecular complexity index is 764. The largest absolute Gasteiger partial charge is 0.446 e. The highest BCUT2D eigenvalue weighted by molar-refractivity contribution is 5.67. The Morgan fingerprint density at radius 3 is 3.12 bits per heavy atom. The van der Waals surface area contributed by atoms with E-state index >= 15 is 0 Å². The van der Waals surface area contributed by atoms with Crippen molar-refractivity contribution in [2.75, 3.05) is 18.5 Å². The second-order valence-electron chi connectivity index (χ2n) is 6.60. The molecule has 9 heteroatoms. The predicted molar refractivity (Wildman–Crippen MR) is 93.0 cm³/mol. The van der Waals surface area contributed by atoms with Crippen molar-refractivity contribution in [2.45, 2.75) is 44.3 Å². The molecule has 2 aromatic rings. The number of carbonyl (C=O) groups excluding carboxylic acids is 1. The minimum Gasteiger partial charge on any atom is -0.446 e. The van der Waals surface area contributed by atoms with Crippen LogP contribution in [-0.2, 0) is 16.1 Å². The molecule has 4 rings (SSSR count). The van der Waals surface area contributed by atoms with Crippen molar-refractivity contribution in [1.82, 2.24) is 25.5 Å². The molecule has 1 saturated carbocycles. The van der Waals surface area contributed by atoms with Crippen LogP contribution in [0.1, 0.15) is 43.0 Å². The first-order chi connectivity index (χ1) is 12.8. The van der Waals surface area contributed by atoms with Crippen molar-refractivity contribution in [2.24, 2.45) is 0 Å². The number of carbonyl (C=O) groups is 1. The third-order valence-electron chi connectivity index (χ3n) is 4.62. The minimum absolute atomic E-state index is 0.0580. The first-order valence-corrected chi connectivity index (χ1v) is 8.92. The van der Waals surface area contributed by atoms with E-state index in [-0.39, 0.29) is 12.2 Å². The molecule has 2 aliphatic rings. The van der Waals surface area contributed by atoms with Crippen LogP contribution in [0.5, 0.6) is 0 Å². The summed E-state index contributed by atoms with van der Waals surface area (Å²) in [5.41, 5.74) is 1.77. The number of alkyl carbamates (subject to hydrolysis) is 1. The molecule has 0 saturated heterocycles. The van der Waals surface area contributed by atoms with Gasteiger partial charge in [0.15, 0.2) is 11.6 Å². The van der Waals surface area contributed by atoms with Gasteiger partial charge in [0.05, 0.1) is 24.7 Å². The van der Waals surface area contributed by atoms with Crippen molar-refractivity contribution in [3.63, 3.8) is 0 Å². The van der Waals surface area contributed by atoms with E-state index in [4.69, 9.17) is 9.47 Å². The summed E-state index contributed by atoms with van der Waals surface area (Å²) in [5, 5.41) is 13.3. The van der Waals surface area contributed by atoms with Crippen LogP contribution in [0.15, 0.2) is 18.5 Å². The van der Waals surface area contributed by atoms with Crippen LogP contribution in [0.3, 0.4) is 0 Å². The zero-order valence-corrected chi connectivity index (χ0v) is 14.4. The Hall–Kier alpha value is -2.68. The molecule has 0 aromatic carbocycles. The van der Waals surface area contributed by atoms with E-state index in [1.54, 1.807) is 12.4 Å². The van der Waals surface area contributed by atoms with Gasteiger partial charge in [-0.25, -0.2) is 9.78 Å². The molecule has 0 unspecified atom stereocenters. The number of fused-ring (bicyclic) bond motifs is 7. The average Bonchev–Trinajstić information content (AvgIpc) is 3.27. The number of amides is 1. The van der Waals surface area contributed by atoms with Gasteiger partial charge in [0.2, 0.25) is 0 Å². The molecule has 3 heterocycles. The molecule has 1 aliphatic heterocycles. The normalized spacial score (nSPS) is 23.9. The molecule has 0 spiro atoms. The van der Waals surface area contributed by atoms with Crippen molar-refractivity contribution < 1.29 is 14.3 Å². The van der Waals surface area contributed by atoms with E-state index < -0.39 is 0 Å². The van der Waals surface area contributed by atoms with E-state index in [0.29, 0.717) is 43.7 Å². The van der Waals surface area contributed by atoms with Gasteiger partial charge in [-0.15, -0.1) is 0 Å². The van der Waals surface area contributed by atoms with Crippen molar-refractivity contribution in [1.29, 1.82) is 0 Å². The Morgan fingerprint density at radius 2 is 2.15 bits per heavy atom. The molecule has 138 valence electrons. The number of H-pyrrole nitrogens is 1. The number of hydrogen-bond donors (Lipinski definition) is 3. The Morgan fingerprint density at radius 1 is 1.19 bits per heavy atom. The summed E-state index contributed by atoms with van der Waals surface area (Å²) in [6.07, 6.45) is 6.24. The fourth-order valence-electron chi connectivity index (χ4n) is 3.34. The van der Waals surface area contributed by atoms with Gasteiger partial charge in [-0.3, -0.25) is 10.1 Å². The van der Waals surface area contributed by atoms with E-state index in [9.17, 15) is 4.79 Å². The molecular weight excluding hydrogens is 336 g/mol. The fourth-order valence-corrected chi connectivity index (χ4v) is 3.34. The maximum atomic E-state index is 11.9. The van der Waals surface area contributed by atoms with E-state index in [1.807, 2.05) is 6.07 Å². The van der Waals surface area contributed by atoms with Gasteiger partial charge in [-0.05, 0) is 25.7 Å². The van der Waals surface area contributed by atoms with Crippen LogP contribution in [0.2, 0.25) is 0 Å². The number of aromatic nitrogens is 4. The fraction of sp³-hybridized carbons (Fsp3) is 0.529. The van der Waals surface area contributed by atoms with E-state index in [2.05, 4.69) is 30.8 Å². The third kappa shape index (κ3) is 4.10. The monoisotopic (exact) mass is 358 g/mol. The van der Waals surface area contributed by atoms with Crippen LogP contribution < -0.4 is 10.6 Å². The van der Waals surface area contributed by atoms with Gasteiger partial charge in [0.25, 0.3) is 0 Å². The molecule has 9 nitrogen and oxygen atoms in total. The first-order valence-electron chi connectivity index (χ1n) is 8.92. The second-order valence-corrected chi connectivity index (χ2v) is 6.60. The Kier molecular flexibility index (Phi) is 4.96. The zero-order chi connectivity index (χ0) is 17.8. The van der Waals surface area contributed by atoms with Gasteiger partial charge in [0.1, 0.15) is 6.10 Å². The number of nitrogens with zero attached hydrogens (tertiary/aromatic N) is 3. The lowest BCUT2D eigenvalue weighted by Gasteiger charge is -2.13. The van der Waals surface area contributed by atoms with Crippen LogP contribution >= 0.6 is 0 Å². The minimum atomic E-state index is -0.359. The summed E-state index contributed by atoms with van der Waals surface area (Å²) in [4.78, 5) is 20.6. The topological polar surface area (TPSA) is 114 Å². The highest BCUT2D eigenvalue weighted by Crippen LogP contribution is 2.36. The predicted octanol–water partition coefficient (Wildman–Crippen LogP) is 2.23. The van der Waals surface area contributed by atoms with Gasteiger partial charge in [-0.1, -0.05) is 0 Å². The summed E-state index contributed by atoms with van der Waals surface area (Å²) in [5.74, 6) is 1.63. The van der Waals surface area contributed by atoms with Gasteiger partial charge >= 0.3 is 6.09 Å². The Labute approximate surface area is 150 Å². The maximum Gasteiger partial charge on any atom is 0.407 e. The number of aromatic amines is 1. The molecule has 1 fully saturated rings.